The van der Waals surface area contributed by atoms with Crippen LogP contribution in [0.1, 0.15) is 335 Å². The van der Waals surface area contributed by atoms with Crippen molar-refractivity contribution in [1.29, 1.82) is 0 Å². The third kappa shape index (κ3) is 66.8. The van der Waals surface area contributed by atoms with Gasteiger partial charge in [0.15, 0.2) is 6.10 Å². The highest BCUT2D eigenvalue weighted by Crippen LogP contribution is 2.43. The van der Waals surface area contributed by atoms with Crippen molar-refractivity contribution < 1.29 is 42.1 Å². The van der Waals surface area contributed by atoms with Gasteiger partial charge in [-0.15, -0.1) is 0 Å². The molecule has 0 aliphatic rings. The number of nitrogens with zero attached hydrogens (tertiary/aromatic N) is 1. The first kappa shape index (κ1) is 79.7. The van der Waals surface area contributed by atoms with Crippen LogP contribution in [0.5, 0.6) is 0 Å². The topological polar surface area (TPSA) is 108 Å². The lowest BCUT2D eigenvalue weighted by Crippen LogP contribution is -2.37. The Bertz CT molecular complexity index is 1570. The molecule has 82 heavy (non-hydrogen) atoms. The molecule has 0 saturated carbocycles. The summed E-state index contributed by atoms with van der Waals surface area (Å²) >= 11 is 0. The molecule has 0 aliphatic heterocycles. The molecule has 10 heteroatoms. The molecule has 1 N–H and O–H groups in total. The van der Waals surface area contributed by atoms with Gasteiger partial charge in [-0.1, -0.05) is 306 Å². The molecule has 0 aromatic rings. The molecule has 0 aromatic heterocycles. The van der Waals surface area contributed by atoms with Crippen LogP contribution in [0.15, 0.2) is 60.8 Å². The molecule has 0 spiro atoms. The zero-order valence-electron chi connectivity index (χ0n) is 54.7. The van der Waals surface area contributed by atoms with Gasteiger partial charge in [-0.2, -0.15) is 0 Å². The molecule has 0 amide bonds. The van der Waals surface area contributed by atoms with Crippen molar-refractivity contribution in [2.75, 3.05) is 47.5 Å². The molecule has 0 radical (unpaired) electrons. The third-order valence-electron chi connectivity index (χ3n) is 15.5. The number of carbonyl (C=O) groups excluding carboxylic acids is 2. The van der Waals surface area contributed by atoms with Crippen LogP contribution < -0.4 is 0 Å². The molecule has 0 aromatic carbocycles. The van der Waals surface area contributed by atoms with Crippen molar-refractivity contribution in [3.05, 3.63) is 60.8 Å². The largest absolute Gasteiger partial charge is 0.472 e. The quantitative estimate of drug-likeness (QED) is 0.0211. The smallest absolute Gasteiger partial charge is 0.462 e. The molecule has 480 valence electrons. The Morgan fingerprint density at radius 1 is 0.390 bits per heavy atom. The predicted octanol–water partition coefficient (Wildman–Crippen LogP) is 22.6. The van der Waals surface area contributed by atoms with E-state index in [1.165, 1.54) is 244 Å². The average molecular weight is 1170 g/mol. The van der Waals surface area contributed by atoms with Gasteiger partial charge in [0, 0.05) is 12.8 Å². The summed E-state index contributed by atoms with van der Waals surface area (Å²) in [6.07, 6.45) is 83.5. The van der Waals surface area contributed by atoms with E-state index in [1.54, 1.807) is 0 Å². The summed E-state index contributed by atoms with van der Waals surface area (Å²) < 4.78 is 34.7. The van der Waals surface area contributed by atoms with Crippen LogP contribution in [0.2, 0.25) is 0 Å². The maximum absolute atomic E-state index is 12.9. The first-order chi connectivity index (χ1) is 40.0. The molecule has 0 rings (SSSR count). The van der Waals surface area contributed by atoms with E-state index in [9.17, 15) is 19.0 Å². The number of unbranched alkanes of at least 4 members (excludes halogenated alkanes) is 41. The van der Waals surface area contributed by atoms with E-state index in [4.69, 9.17) is 18.5 Å². The molecule has 0 saturated heterocycles. The number of allylic oxidation sites excluding steroid dienone is 10. The Hall–Kier alpha value is -2.29. The molecule has 0 aliphatic carbocycles. The van der Waals surface area contributed by atoms with Crippen molar-refractivity contribution in [3.63, 3.8) is 0 Å². The number of esters is 2. The predicted molar refractivity (Wildman–Crippen MR) is 353 cm³/mol. The SMILES string of the molecule is CC/C=C\C/C=C\C/C=C\C/C=C\CCCCCCCCCCCCCCCCCCCCCCCCCCCCCCC(=O)OC(COC(=O)CCCCCCCCC/C=C\CCCCCCCC)COP(=O)(O)OCC[N+](C)(C)C. The fraction of sp³-hybridized carbons (Fsp3) is 0.833. The second-order valence-corrected chi connectivity index (χ2v) is 26.3. The van der Waals surface area contributed by atoms with Gasteiger partial charge >= 0.3 is 19.8 Å². The van der Waals surface area contributed by atoms with Crippen LogP contribution in [0.4, 0.5) is 0 Å². The molecule has 0 heterocycles. The van der Waals surface area contributed by atoms with E-state index in [-0.39, 0.29) is 32.0 Å². The first-order valence-electron chi connectivity index (χ1n) is 35.0. The van der Waals surface area contributed by atoms with Crippen LogP contribution in [0.3, 0.4) is 0 Å². The lowest BCUT2D eigenvalue weighted by Gasteiger charge is -2.24. The minimum Gasteiger partial charge on any atom is -0.462 e. The minimum atomic E-state index is -4.39. The van der Waals surface area contributed by atoms with Crippen LogP contribution in [0.25, 0.3) is 0 Å². The Labute approximate surface area is 508 Å². The standard InChI is InChI=1S/C72H134NO8P/c1-6-8-10-12-14-16-18-20-22-24-25-26-27-28-29-30-31-32-33-34-35-36-37-38-39-40-41-42-43-44-45-46-47-49-51-53-55-57-59-61-63-65-72(75)81-70(69-80-82(76,77)79-67-66-73(3,4)5)68-78-71(74)64-62-60-58-56-54-52-50-48-23-21-19-17-15-13-11-9-7-2/h8,10,14,16,20-23,25-26,70H,6-7,9,11-13,15,17-19,24,27-69H2,1-5H3/p+1/b10-8-,16-14-,22-20-,23-21-,26-25-. The number of hydrogen-bond donors (Lipinski definition) is 1. The molecule has 0 fully saturated rings. The number of carbonyl (C=O) groups is 2. The highest BCUT2D eigenvalue weighted by molar-refractivity contribution is 7.47. The lowest BCUT2D eigenvalue weighted by molar-refractivity contribution is -0.870. The van der Waals surface area contributed by atoms with Crippen molar-refractivity contribution in [2.45, 2.75) is 341 Å². The van der Waals surface area contributed by atoms with Crippen molar-refractivity contribution >= 4 is 19.8 Å². The summed E-state index contributed by atoms with van der Waals surface area (Å²) in [5.41, 5.74) is 0. The van der Waals surface area contributed by atoms with Gasteiger partial charge in [0.2, 0.25) is 0 Å². The van der Waals surface area contributed by atoms with E-state index < -0.39 is 26.5 Å². The monoisotopic (exact) mass is 1170 g/mol. The lowest BCUT2D eigenvalue weighted by atomic mass is 10.0. The summed E-state index contributed by atoms with van der Waals surface area (Å²) in [6.45, 7) is 4.36. The minimum absolute atomic E-state index is 0.0328. The number of phosphoric acid groups is 1. The fourth-order valence-electron chi connectivity index (χ4n) is 10.2. The molecular weight excluding hydrogens is 1040 g/mol. The zero-order valence-corrected chi connectivity index (χ0v) is 55.6. The molecule has 0 bridgehead atoms. The van der Waals surface area contributed by atoms with Crippen LogP contribution in [-0.2, 0) is 32.7 Å². The second kappa shape index (κ2) is 63.2. The number of phosphoric ester groups is 1. The summed E-state index contributed by atoms with van der Waals surface area (Å²) in [6, 6.07) is 0. The normalized spacial score (nSPS) is 13.5. The Morgan fingerprint density at radius 2 is 0.695 bits per heavy atom. The number of hydrogen-bond acceptors (Lipinski definition) is 7. The molecule has 2 unspecified atom stereocenters. The number of rotatable bonds is 65. The molecular formula is C72H135NO8P+. The van der Waals surface area contributed by atoms with Gasteiger partial charge < -0.3 is 18.9 Å². The zero-order chi connectivity index (χ0) is 59.8. The van der Waals surface area contributed by atoms with Gasteiger partial charge in [0.25, 0.3) is 0 Å². The van der Waals surface area contributed by atoms with Gasteiger partial charge in [-0.25, -0.2) is 4.57 Å². The van der Waals surface area contributed by atoms with E-state index >= 15 is 0 Å². The van der Waals surface area contributed by atoms with Crippen LogP contribution in [0, 0.1) is 0 Å². The summed E-state index contributed by atoms with van der Waals surface area (Å²) in [5, 5.41) is 0. The third-order valence-corrected chi connectivity index (χ3v) is 16.5. The Morgan fingerprint density at radius 3 is 1.05 bits per heavy atom. The van der Waals surface area contributed by atoms with E-state index in [0.29, 0.717) is 17.4 Å². The molecule has 9 nitrogen and oxygen atoms in total. The Kier molecular flexibility index (Phi) is 61.5. The van der Waals surface area contributed by atoms with Gasteiger partial charge in [-0.3, -0.25) is 18.6 Å². The van der Waals surface area contributed by atoms with Crippen molar-refractivity contribution in [3.8, 4) is 0 Å². The van der Waals surface area contributed by atoms with Gasteiger partial charge in [0.1, 0.15) is 19.8 Å². The van der Waals surface area contributed by atoms with Crippen LogP contribution >= 0.6 is 7.82 Å². The summed E-state index contributed by atoms with van der Waals surface area (Å²) in [7, 11) is 1.49. The summed E-state index contributed by atoms with van der Waals surface area (Å²) in [4.78, 5) is 35.8. The fourth-order valence-corrected chi connectivity index (χ4v) is 10.9. The number of quaternary nitrogens is 1. The maximum atomic E-state index is 12.9. The van der Waals surface area contributed by atoms with Gasteiger partial charge in [-0.05, 0) is 77.0 Å². The maximum Gasteiger partial charge on any atom is 0.472 e. The molecule has 2 atom stereocenters. The summed E-state index contributed by atoms with van der Waals surface area (Å²) in [5.74, 6) is -0.786. The van der Waals surface area contributed by atoms with Crippen molar-refractivity contribution in [1.82, 2.24) is 0 Å². The van der Waals surface area contributed by atoms with Gasteiger partial charge in [0.05, 0.1) is 27.7 Å². The second-order valence-electron chi connectivity index (χ2n) is 24.9. The van der Waals surface area contributed by atoms with E-state index in [1.807, 2.05) is 21.1 Å². The average Bonchev–Trinajstić information content (AvgIpc) is 3.45. The first-order valence-corrected chi connectivity index (χ1v) is 36.5. The Balaban J connectivity index is 3.87. The van der Waals surface area contributed by atoms with Crippen LogP contribution in [-0.4, -0.2) is 74.9 Å². The highest BCUT2D eigenvalue weighted by Gasteiger charge is 2.27. The highest BCUT2D eigenvalue weighted by atomic mass is 31.2. The number of ether oxygens (including phenoxy) is 2. The van der Waals surface area contributed by atoms with E-state index in [2.05, 4.69) is 74.6 Å². The van der Waals surface area contributed by atoms with Crippen molar-refractivity contribution in [2.24, 2.45) is 0 Å². The van der Waals surface area contributed by atoms with E-state index in [0.717, 1.165) is 57.8 Å². The number of likely N-dealkylation sites (N-methyl/N-ethyl adjacent to an activating group) is 1.